The molecule has 0 radical (unpaired) electrons. The number of hydrogen-bond donors (Lipinski definition) is 1. The molecule has 0 heterocycles. The standard InChI is InChI=1S/C15H20F6O3/c1-3-11(22)24-12(2)6-8-4-9(10(12)5-8)7-13(23,14(16,17)18)15(19,20)21/h8-10,23H,3-7H2,1-2H3. The first-order valence-corrected chi connectivity index (χ1v) is 7.81. The van der Waals surface area contributed by atoms with Gasteiger partial charge < -0.3 is 9.84 Å². The quantitative estimate of drug-likeness (QED) is 0.608. The van der Waals surface area contributed by atoms with Crippen LogP contribution in [0.2, 0.25) is 0 Å². The highest BCUT2D eigenvalue weighted by Crippen LogP contribution is 2.59. The zero-order chi connectivity index (χ0) is 18.6. The highest BCUT2D eigenvalue weighted by Gasteiger charge is 2.72. The van der Waals surface area contributed by atoms with Gasteiger partial charge in [-0.25, -0.2) is 0 Å². The summed E-state index contributed by atoms with van der Waals surface area (Å²) in [5.41, 5.74) is -5.82. The largest absolute Gasteiger partial charge is 0.459 e. The van der Waals surface area contributed by atoms with Crippen LogP contribution in [0.25, 0.3) is 0 Å². The molecule has 3 nitrogen and oxygen atoms in total. The number of ether oxygens (including phenoxy) is 1. The second-order valence-electron chi connectivity index (χ2n) is 7.11. The van der Waals surface area contributed by atoms with Crippen molar-refractivity contribution in [1.82, 2.24) is 0 Å². The molecule has 2 rings (SSSR count). The van der Waals surface area contributed by atoms with Crippen LogP contribution in [0, 0.1) is 17.8 Å². The van der Waals surface area contributed by atoms with E-state index in [0.717, 1.165) is 0 Å². The number of carbonyl (C=O) groups excluding carboxylic acids is 1. The maximum absolute atomic E-state index is 12.9. The van der Waals surface area contributed by atoms with Crippen LogP contribution in [0.15, 0.2) is 0 Å². The van der Waals surface area contributed by atoms with Crippen molar-refractivity contribution < 1.29 is 41.0 Å². The first-order valence-electron chi connectivity index (χ1n) is 7.81. The van der Waals surface area contributed by atoms with Crippen molar-refractivity contribution in [1.29, 1.82) is 0 Å². The second kappa shape index (κ2) is 5.78. The van der Waals surface area contributed by atoms with Gasteiger partial charge in [0.25, 0.3) is 5.60 Å². The van der Waals surface area contributed by atoms with E-state index >= 15 is 0 Å². The van der Waals surface area contributed by atoms with Crippen LogP contribution in [-0.2, 0) is 9.53 Å². The monoisotopic (exact) mass is 362 g/mol. The Morgan fingerprint density at radius 2 is 1.71 bits per heavy atom. The summed E-state index contributed by atoms with van der Waals surface area (Å²) in [6.07, 6.45) is -12.0. The Balaban J connectivity index is 2.23. The van der Waals surface area contributed by atoms with Crippen LogP contribution >= 0.6 is 0 Å². The zero-order valence-electron chi connectivity index (χ0n) is 13.3. The second-order valence-corrected chi connectivity index (χ2v) is 7.11. The highest BCUT2D eigenvalue weighted by molar-refractivity contribution is 5.69. The molecule has 2 bridgehead atoms. The van der Waals surface area contributed by atoms with Crippen molar-refractivity contribution >= 4 is 5.97 Å². The average Bonchev–Trinajstić information content (AvgIpc) is 2.92. The Bertz CT molecular complexity index is 486. The zero-order valence-corrected chi connectivity index (χ0v) is 13.3. The topological polar surface area (TPSA) is 46.5 Å². The number of hydrogen-bond acceptors (Lipinski definition) is 3. The van der Waals surface area contributed by atoms with Crippen LogP contribution in [-0.4, -0.2) is 34.6 Å². The van der Waals surface area contributed by atoms with E-state index in [9.17, 15) is 36.2 Å². The lowest BCUT2D eigenvalue weighted by Crippen LogP contribution is -2.58. The van der Waals surface area contributed by atoms with Gasteiger partial charge in [-0.3, -0.25) is 4.79 Å². The summed E-state index contributed by atoms with van der Waals surface area (Å²) in [7, 11) is 0. The number of esters is 1. The Labute approximate surface area is 135 Å². The summed E-state index contributed by atoms with van der Waals surface area (Å²) in [5, 5.41) is 9.41. The molecule has 4 unspecified atom stereocenters. The molecule has 24 heavy (non-hydrogen) atoms. The molecule has 2 aliphatic carbocycles. The van der Waals surface area contributed by atoms with Crippen molar-refractivity contribution in [3.8, 4) is 0 Å². The van der Waals surface area contributed by atoms with Crippen LogP contribution in [0.5, 0.6) is 0 Å². The van der Waals surface area contributed by atoms with Gasteiger partial charge in [0.1, 0.15) is 5.60 Å². The van der Waals surface area contributed by atoms with Crippen LogP contribution < -0.4 is 0 Å². The van der Waals surface area contributed by atoms with E-state index in [1.807, 2.05) is 0 Å². The summed E-state index contributed by atoms with van der Waals surface area (Å²) in [6.45, 7) is 3.11. The van der Waals surface area contributed by atoms with Gasteiger partial charge in [-0.2, -0.15) is 26.3 Å². The van der Waals surface area contributed by atoms with Gasteiger partial charge >= 0.3 is 18.3 Å². The SMILES string of the molecule is CCC(=O)OC1(C)CC2CC(CC(O)(C(F)(F)F)C(F)(F)F)C1C2. The molecule has 0 saturated heterocycles. The van der Waals surface area contributed by atoms with Crippen molar-refractivity contribution in [2.45, 2.75) is 69.5 Å². The molecule has 2 fully saturated rings. The molecule has 9 heteroatoms. The minimum atomic E-state index is -5.82. The number of aliphatic hydroxyl groups is 1. The van der Waals surface area contributed by atoms with E-state index < -0.39 is 47.8 Å². The van der Waals surface area contributed by atoms with Crippen LogP contribution in [0.3, 0.4) is 0 Å². The van der Waals surface area contributed by atoms with Gasteiger partial charge in [-0.1, -0.05) is 6.92 Å². The van der Waals surface area contributed by atoms with Crippen molar-refractivity contribution in [3.05, 3.63) is 0 Å². The van der Waals surface area contributed by atoms with Crippen LogP contribution in [0.1, 0.15) is 46.0 Å². The fourth-order valence-electron chi connectivity index (χ4n) is 4.33. The number of carbonyl (C=O) groups is 1. The van der Waals surface area contributed by atoms with Gasteiger partial charge in [0.15, 0.2) is 0 Å². The van der Waals surface area contributed by atoms with E-state index in [4.69, 9.17) is 4.74 Å². The predicted molar refractivity (Wildman–Crippen MR) is 70.8 cm³/mol. The Morgan fingerprint density at radius 3 is 2.12 bits per heavy atom. The molecule has 0 spiro atoms. The van der Waals surface area contributed by atoms with Gasteiger partial charge in [-0.15, -0.1) is 0 Å². The number of rotatable bonds is 4. The lowest BCUT2D eigenvalue weighted by atomic mass is 9.73. The van der Waals surface area contributed by atoms with Gasteiger partial charge in [0.05, 0.1) is 0 Å². The maximum atomic E-state index is 12.9. The summed E-state index contributed by atoms with van der Waals surface area (Å²) in [6, 6.07) is 0. The van der Waals surface area contributed by atoms with Gasteiger partial charge in [0.2, 0.25) is 0 Å². The van der Waals surface area contributed by atoms with Gasteiger partial charge in [0, 0.05) is 12.3 Å². The normalized spacial score (nSPS) is 33.8. The predicted octanol–water partition coefficient (Wildman–Crippen LogP) is 3.99. The van der Waals surface area contributed by atoms with Gasteiger partial charge in [-0.05, 0) is 44.4 Å². The average molecular weight is 362 g/mol. The maximum Gasteiger partial charge on any atom is 0.426 e. The highest BCUT2D eigenvalue weighted by atomic mass is 19.4. The molecule has 4 atom stereocenters. The number of fused-ring (bicyclic) bond motifs is 2. The lowest BCUT2D eigenvalue weighted by molar-refractivity contribution is -0.374. The number of alkyl halides is 6. The van der Waals surface area contributed by atoms with E-state index in [1.54, 1.807) is 13.8 Å². The lowest BCUT2D eigenvalue weighted by Gasteiger charge is -2.42. The molecular weight excluding hydrogens is 342 g/mol. The minimum Gasteiger partial charge on any atom is -0.459 e. The molecule has 0 aliphatic heterocycles. The van der Waals surface area contributed by atoms with E-state index in [1.165, 1.54) is 0 Å². The third kappa shape index (κ3) is 3.11. The fraction of sp³-hybridized carbons (Fsp3) is 0.933. The first-order chi connectivity index (χ1) is 10.7. The number of halogens is 6. The third-order valence-electron chi connectivity index (χ3n) is 5.40. The molecule has 2 saturated carbocycles. The Hall–Kier alpha value is -0.990. The van der Waals surface area contributed by atoms with Crippen molar-refractivity contribution in [2.75, 3.05) is 0 Å². The third-order valence-corrected chi connectivity index (χ3v) is 5.40. The molecule has 0 amide bonds. The first kappa shape index (κ1) is 19.3. The summed E-state index contributed by atoms with van der Waals surface area (Å²) < 4.78 is 82.7. The molecule has 1 N–H and O–H groups in total. The summed E-state index contributed by atoms with van der Waals surface area (Å²) in [5.74, 6) is -2.26. The minimum absolute atomic E-state index is 0.0761. The van der Waals surface area contributed by atoms with Crippen molar-refractivity contribution in [2.24, 2.45) is 17.8 Å². The Kier molecular flexibility index (Phi) is 4.65. The van der Waals surface area contributed by atoms with E-state index in [0.29, 0.717) is 12.8 Å². The smallest absolute Gasteiger partial charge is 0.426 e. The Morgan fingerprint density at radius 1 is 1.17 bits per heavy atom. The van der Waals surface area contributed by atoms with Crippen LogP contribution in [0.4, 0.5) is 26.3 Å². The van der Waals surface area contributed by atoms with E-state index in [2.05, 4.69) is 0 Å². The molecular formula is C15H20F6O3. The molecule has 0 aromatic carbocycles. The fourth-order valence-corrected chi connectivity index (χ4v) is 4.33. The van der Waals surface area contributed by atoms with Crippen molar-refractivity contribution in [3.63, 3.8) is 0 Å². The molecule has 0 aromatic heterocycles. The van der Waals surface area contributed by atoms with E-state index in [-0.39, 0.29) is 18.8 Å². The molecule has 2 aliphatic rings. The summed E-state index contributed by atoms with van der Waals surface area (Å²) in [4.78, 5) is 11.5. The molecule has 0 aromatic rings. The summed E-state index contributed by atoms with van der Waals surface area (Å²) >= 11 is 0. The molecule has 140 valence electrons.